The third kappa shape index (κ3) is 3.06. The quantitative estimate of drug-likeness (QED) is 0.545. The highest BCUT2D eigenvalue weighted by Gasteiger charge is 1.98. The number of nitrogens with two attached hydrogens (primary N) is 1. The van der Waals surface area contributed by atoms with Crippen molar-refractivity contribution in [2.45, 2.75) is 6.04 Å². The van der Waals surface area contributed by atoms with E-state index in [4.69, 9.17) is 5.73 Å². The second-order valence-corrected chi connectivity index (χ2v) is 2.50. The first-order valence-corrected chi connectivity index (χ1v) is 3.92. The van der Waals surface area contributed by atoms with E-state index < -0.39 is 0 Å². The molecule has 0 amide bonds. The van der Waals surface area contributed by atoms with E-state index in [0.29, 0.717) is 0 Å². The highest BCUT2D eigenvalue weighted by atomic mass is 16.3. The Morgan fingerprint density at radius 2 is 2.08 bits per heavy atom. The maximum atomic E-state index is 9.73. The summed E-state index contributed by atoms with van der Waals surface area (Å²) >= 11 is 0. The number of benzene rings is 1. The van der Waals surface area contributed by atoms with Crippen LogP contribution in [0.2, 0.25) is 0 Å². The maximum Gasteiger partial charge on any atom is 0.142 e. The molecule has 0 bridgehead atoms. The number of rotatable bonds is 2. The average Bonchev–Trinajstić information content (AvgIpc) is 2.19. The fourth-order valence-corrected chi connectivity index (χ4v) is 0.932. The zero-order valence-corrected chi connectivity index (χ0v) is 7.10. The monoisotopic (exact) mass is 174 g/mol. The summed E-state index contributed by atoms with van der Waals surface area (Å²) < 4.78 is 0. The van der Waals surface area contributed by atoms with Crippen LogP contribution in [0, 0.1) is 16.7 Å². The summed E-state index contributed by atoms with van der Waals surface area (Å²) in [4.78, 5) is 9.73. The molecule has 0 saturated carbocycles. The van der Waals surface area contributed by atoms with Gasteiger partial charge in [0.25, 0.3) is 0 Å². The van der Waals surface area contributed by atoms with Crippen molar-refractivity contribution in [2.75, 3.05) is 6.54 Å². The smallest absolute Gasteiger partial charge is 0.142 e. The van der Waals surface area contributed by atoms with Crippen LogP contribution in [0.4, 0.5) is 0 Å². The molecular formula is C10H10N2O. The van der Waals surface area contributed by atoms with Crippen LogP contribution in [0.1, 0.15) is 11.6 Å². The Hall–Kier alpha value is -1.66. The van der Waals surface area contributed by atoms with Crippen LogP contribution in [-0.2, 0) is 0 Å². The normalized spacial score (nSPS) is 11.2. The van der Waals surface area contributed by atoms with Crippen molar-refractivity contribution in [3.63, 3.8) is 0 Å². The number of hydrogen-bond donors (Lipinski definition) is 1. The zero-order chi connectivity index (χ0) is 9.52. The molecule has 1 atom stereocenters. The molecule has 0 spiro atoms. The molecule has 1 aromatic carbocycles. The van der Waals surface area contributed by atoms with Gasteiger partial charge in [-0.1, -0.05) is 47.3 Å². The first kappa shape index (κ1) is 9.43. The summed E-state index contributed by atoms with van der Waals surface area (Å²) in [5.41, 5.74) is 6.66. The van der Waals surface area contributed by atoms with Crippen LogP contribution >= 0.6 is 0 Å². The second kappa shape index (κ2) is 5.07. The number of nitrogens with zero attached hydrogens (tertiary/aromatic N) is 1. The van der Waals surface area contributed by atoms with Gasteiger partial charge in [-0.2, -0.15) is 0 Å². The summed E-state index contributed by atoms with van der Waals surface area (Å²) in [5, 5.41) is 2.62. The van der Waals surface area contributed by atoms with E-state index in [9.17, 15) is 4.91 Å². The SMILES string of the molecule is NC(C#CCN=O)c1ccccc1. The summed E-state index contributed by atoms with van der Waals surface area (Å²) in [7, 11) is 0. The molecule has 3 nitrogen and oxygen atoms in total. The topological polar surface area (TPSA) is 55.4 Å². The molecular weight excluding hydrogens is 164 g/mol. The third-order valence-corrected chi connectivity index (χ3v) is 1.56. The average molecular weight is 174 g/mol. The van der Waals surface area contributed by atoms with Gasteiger partial charge in [-0.15, -0.1) is 4.91 Å². The van der Waals surface area contributed by atoms with E-state index in [2.05, 4.69) is 17.0 Å². The van der Waals surface area contributed by atoms with E-state index in [1.165, 1.54) is 0 Å². The van der Waals surface area contributed by atoms with Gasteiger partial charge in [0, 0.05) is 0 Å². The standard InChI is InChI=1S/C10H10N2O/c11-10(7-4-8-12-13)9-5-2-1-3-6-9/h1-3,5-6,10H,8,11H2. The van der Waals surface area contributed by atoms with Crippen molar-refractivity contribution in [3.05, 3.63) is 40.8 Å². The molecule has 3 heteroatoms. The summed E-state index contributed by atoms with van der Waals surface area (Å²) in [6.45, 7) is 0.000529. The lowest BCUT2D eigenvalue weighted by Crippen LogP contribution is -2.07. The summed E-state index contributed by atoms with van der Waals surface area (Å²) in [5.74, 6) is 5.31. The van der Waals surface area contributed by atoms with Crippen LogP contribution in [0.15, 0.2) is 35.5 Å². The van der Waals surface area contributed by atoms with E-state index in [0.717, 1.165) is 5.56 Å². The molecule has 1 unspecified atom stereocenters. The Kier molecular flexibility index (Phi) is 3.68. The van der Waals surface area contributed by atoms with Gasteiger partial charge in [-0.05, 0) is 5.56 Å². The molecule has 66 valence electrons. The van der Waals surface area contributed by atoms with Gasteiger partial charge in [0.15, 0.2) is 0 Å². The van der Waals surface area contributed by atoms with Crippen LogP contribution in [0.25, 0.3) is 0 Å². The molecule has 0 heterocycles. The van der Waals surface area contributed by atoms with Crippen molar-refractivity contribution in [3.8, 4) is 11.8 Å². The first-order chi connectivity index (χ1) is 6.34. The third-order valence-electron chi connectivity index (χ3n) is 1.56. The molecule has 13 heavy (non-hydrogen) atoms. The Balaban J connectivity index is 2.65. The van der Waals surface area contributed by atoms with Gasteiger partial charge < -0.3 is 5.73 Å². The molecule has 0 fully saturated rings. The maximum absolute atomic E-state index is 9.73. The van der Waals surface area contributed by atoms with Gasteiger partial charge in [0.05, 0.1) is 6.04 Å². The summed E-state index contributed by atoms with van der Waals surface area (Å²) in [6, 6.07) is 9.17. The van der Waals surface area contributed by atoms with Crippen molar-refractivity contribution in [1.29, 1.82) is 0 Å². The minimum Gasteiger partial charge on any atom is -0.314 e. The number of hydrogen-bond acceptors (Lipinski definition) is 3. The Morgan fingerprint density at radius 1 is 1.38 bits per heavy atom. The van der Waals surface area contributed by atoms with Crippen LogP contribution in [-0.4, -0.2) is 6.54 Å². The molecule has 0 aliphatic heterocycles. The minimum atomic E-state index is -0.331. The lowest BCUT2D eigenvalue weighted by molar-refractivity contribution is 0.943. The fourth-order valence-electron chi connectivity index (χ4n) is 0.932. The summed E-state index contributed by atoms with van der Waals surface area (Å²) in [6.07, 6.45) is 0. The van der Waals surface area contributed by atoms with Crippen LogP contribution in [0.3, 0.4) is 0 Å². The zero-order valence-electron chi connectivity index (χ0n) is 7.10. The highest BCUT2D eigenvalue weighted by molar-refractivity contribution is 5.26. The molecule has 1 aromatic rings. The largest absolute Gasteiger partial charge is 0.314 e. The van der Waals surface area contributed by atoms with Crippen molar-refractivity contribution >= 4 is 0 Å². The van der Waals surface area contributed by atoms with Crippen molar-refractivity contribution in [2.24, 2.45) is 10.9 Å². The predicted molar refractivity (Wildman–Crippen MR) is 51.8 cm³/mol. The highest BCUT2D eigenvalue weighted by Crippen LogP contribution is 2.07. The first-order valence-electron chi connectivity index (χ1n) is 3.92. The van der Waals surface area contributed by atoms with Gasteiger partial charge in [0.1, 0.15) is 6.54 Å². The molecule has 2 N–H and O–H groups in total. The van der Waals surface area contributed by atoms with E-state index in [1.807, 2.05) is 30.3 Å². The Bertz CT molecular complexity index is 324. The van der Waals surface area contributed by atoms with Gasteiger partial charge in [-0.25, -0.2) is 0 Å². The molecule has 0 saturated heterocycles. The van der Waals surface area contributed by atoms with Gasteiger partial charge in [-0.3, -0.25) is 0 Å². The molecule has 0 aromatic heterocycles. The van der Waals surface area contributed by atoms with Gasteiger partial charge in [0.2, 0.25) is 0 Å². The molecule has 0 radical (unpaired) electrons. The van der Waals surface area contributed by atoms with Crippen LogP contribution in [0.5, 0.6) is 0 Å². The van der Waals surface area contributed by atoms with E-state index in [1.54, 1.807) is 0 Å². The predicted octanol–water partition coefficient (Wildman–Crippen LogP) is 1.46. The van der Waals surface area contributed by atoms with Gasteiger partial charge >= 0.3 is 0 Å². The Labute approximate surface area is 76.9 Å². The van der Waals surface area contributed by atoms with E-state index >= 15 is 0 Å². The Morgan fingerprint density at radius 3 is 2.69 bits per heavy atom. The van der Waals surface area contributed by atoms with Crippen LogP contribution < -0.4 is 5.73 Å². The minimum absolute atomic E-state index is 0.000529. The van der Waals surface area contributed by atoms with Crippen molar-refractivity contribution < 1.29 is 0 Å². The fraction of sp³-hybridized carbons (Fsp3) is 0.200. The molecule has 0 aliphatic rings. The lowest BCUT2D eigenvalue weighted by atomic mass is 10.1. The number of nitroso groups, excluding NO2 is 1. The molecule has 1 rings (SSSR count). The second-order valence-electron chi connectivity index (χ2n) is 2.50. The van der Waals surface area contributed by atoms with Crippen molar-refractivity contribution in [1.82, 2.24) is 0 Å². The van der Waals surface area contributed by atoms with E-state index in [-0.39, 0.29) is 12.6 Å². The lowest BCUT2D eigenvalue weighted by Gasteiger charge is -2.02. The molecule has 0 aliphatic carbocycles.